The molecule has 2 aromatic carbocycles. The molecule has 3 aromatic rings. The van der Waals surface area contributed by atoms with Crippen molar-refractivity contribution in [1.82, 2.24) is 14.5 Å². The number of rotatable bonds is 6. The Bertz CT molecular complexity index is 1340. The number of hydrogen-bond acceptors (Lipinski definition) is 4. The van der Waals surface area contributed by atoms with E-state index in [9.17, 15) is 24.3 Å². The summed E-state index contributed by atoms with van der Waals surface area (Å²) in [5.41, 5.74) is 2.24. The SMILES string of the molecule is Cc1cccc(Cl)c1C(=O)NC(Cc1ccc(-c2c(C)n(C)c(=O)n(C)c2=O)cc1)C(=O)O. The van der Waals surface area contributed by atoms with Crippen LogP contribution in [-0.2, 0) is 25.3 Å². The number of aliphatic carboxylic acids is 1. The number of amides is 1. The fourth-order valence-corrected chi connectivity index (χ4v) is 3.98. The summed E-state index contributed by atoms with van der Waals surface area (Å²) in [4.78, 5) is 49.2. The molecule has 172 valence electrons. The van der Waals surface area contributed by atoms with Crippen molar-refractivity contribution in [3.8, 4) is 11.1 Å². The monoisotopic (exact) mass is 469 g/mol. The second kappa shape index (κ2) is 9.46. The molecule has 0 fully saturated rings. The zero-order valence-corrected chi connectivity index (χ0v) is 19.4. The first-order valence-corrected chi connectivity index (χ1v) is 10.6. The minimum atomic E-state index is -1.18. The highest BCUT2D eigenvalue weighted by molar-refractivity contribution is 6.34. The van der Waals surface area contributed by atoms with Gasteiger partial charge in [0.25, 0.3) is 11.5 Å². The molecule has 0 saturated heterocycles. The van der Waals surface area contributed by atoms with Crippen LogP contribution in [0.3, 0.4) is 0 Å². The van der Waals surface area contributed by atoms with Gasteiger partial charge in [0.2, 0.25) is 0 Å². The molecule has 1 unspecified atom stereocenters. The number of nitrogens with zero attached hydrogens (tertiary/aromatic N) is 2. The Balaban J connectivity index is 1.87. The van der Waals surface area contributed by atoms with Crippen molar-refractivity contribution in [2.45, 2.75) is 26.3 Å². The number of carbonyl (C=O) groups is 2. The van der Waals surface area contributed by atoms with E-state index >= 15 is 0 Å². The summed E-state index contributed by atoms with van der Waals surface area (Å²) >= 11 is 6.12. The summed E-state index contributed by atoms with van der Waals surface area (Å²) in [7, 11) is 3.01. The van der Waals surface area contributed by atoms with Crippen LogP contribution in [0.15, 0.2) is 52.1 Å². The first-order valence-electron chi connectivity index (χ1n) is 10.2. The van der Waals surface area contributed by atoms with Gasteiger partial charge in [-0.15, -0.1) is 0 Å². The molecule has 0 aliphatic rings. The third-order valence-corrected chi connectivity index (χ3v) is 6.01. The second-order valence-corrected chi connectivity index (χ2v) is 8.27. The zero-order chi connectivity index (χ0) is 24.4. The van der Waals surface area contributed by atoms with E-state index in [1.54, 1.807) is 63.4 Å². The minimum Gasteiger partial charge on any atom is -0.480 e. The van der Waals surface area contributed by atoms with E-state index in [1.165, 1.54) is 11.6 Å². The van der Waals surface area contributed by atoms with E-state index < -0.39 is 29.2 Å². The first kappa shape index (κ1) is 24.0. The number of nitrogens with one attached hydrogen (secondary N) is 1. The van der Waals surface area contributed by atoms with Gasteiger partial charge in [0.15, 0.2) is 0 Å². The number of hydrogen-bond donors (Lipinski definition) is 2. The van der Waals surface area contributed by atoms with Crippen LogP contribution in [-0.4, -0.2) is 32.2 Å². The molecule has 0 spiro atoms. The Morgan fingerprint density at radius 1 is 1.03 bits per heavy atom. The van der Waals surface area contributed by atoms with Crippen molar-refractivity contribution in [3.05, 3.63) is 90.7 Å². The van der Waals surface area contributed by atoms with Crippen LogP contribution in [0.4, 0.5) is 0 Å². The smallest absolute Gasteiger partial charge is 0.330 e. The highest BCUT2D eigenvalue weighted by Crippen LogP contribution is 2.21. The molecule has 0 radical (unpaired) electrons. The van der Waals surface area contributed by atoms with Gasteiger partial charge in [0.1, 0.15) is 6.04 Å². The third kappa shape index (κ3) is 4.75. The lowest BCUT2D eigenvalue weighted by atomic mass is 10.00. The largest absolute Gasteiger partial charge is 0.480 e. The number of halogens is 1. The van der Waals surface area contributed by atoms with Gasteiger partial charge >= 0.3 is 11.7 Å². The van der Waals surface area contributed by atoms with Gasteiger partial charge in [-0.05, 0) is 36.6 Å². The fraction of sp³-hybridized carbons (Fsp3) is 0.250. The Kier molecular flexibility index (Phi) is 6.88. The predicted octanol–water partition coefficient (Wildman–Crippen LogP) is 2.45. The van der Waals surface area contributed by atoms with Crippen molar-refractivity contribution >= 4 is 23.5 Å². The quantitative estimate of drug-likeness (QED) is 0.576. The molecule has 3 rings (SSSR count). The molecule has 0 saturated carbocycles. The van der Waals surface area contributed by atoms with Crippen molar-refractivity contribution < 1.29 is 14.7 Å². The van der Waals surface area contributed by atoms with Crippen molar-refractivity contribution in [2.75, 3.05) is 0 Å². The van der Waals surface area contributed by atoms with Crippen LogP contribution in [0.2, 0.25) is 5.02 Å². The topological polar surface area (TPSA) is 110 Å². The lowest BCUT2D eigenvalue weighted by molar-refractivity contribution is -0.139. The maximum atomic E-state index is 12.7. The summed E-state index contributed by atoms with van der Waals surface area (Å²) in [5.74, 6) is -1.74. The molecule has 0 bridgehead atoms. The number of aromatic nitrogens is 2. The number of carboxylic acids is 1. The predicted molar refractivity (Wildman–Crippen MR) is 126 cm³/mol. The average Bonchev–Trinajstić information content (AvgIpc) is 2.77. The summed E-state index contributed by atoms with van der Waals surface area (Å²) in [6.07, 6.45) is 0.0368. The molecule has 8 nitrogen and oxygen atoms in total. The van der Waals surface area contributed by atoms with Crippen LogP contribution < -0.4 is 16.6 Å². The summed E-state index contributed by atoms with van der Waals surface area (Å²) in [6.45, 7) is 3.42. The molecule has 1 amide bonds. The van der Waals surface area contributed by atoms with Gasteiger partial charge in [0, 0.05) is 26.2 Å². The van der Waals surface area contributed by atoms with Crippen LogP contribution in [0, 0.1) is 13.8 Å². The zero-order valence-electron chi connectivity index (χ0n) is 18.7. The Morgan fingerprint density at radius 2 is 1.67 bits per heavy atom. The van der Waals surface area contributed by atoms with Gasteiger partial charge in [-0.1, -0.05) is 48.0 Å². The maximum absolute atomic E-state index is 12.7. The molecule has 0 aliphatic carbocycles. The Hall–Kier alpha value is -3.65. The lowest BCUT2D eigenvalue weighted by Gasteiger charge is -2.17. The first-order chi connectivity index (χ1) is 15.5. The molecule has 1 heterocycles. The van der Waals surface area contributed by atoms with Crippen LogP contribution in [0.5, 0.6) is 0 Å². The van der Waals surface area contributed by atoms with Gasteiger partial charge in [-0.2, -0.15) is 0 Å². The maximum Gasteiger partial charge on any atom is 0.330 e. The van der Waals surface area contributed by atoms with E-state index in [1.807, 2.05) is 0 Å². The van der Waals surface area contributed by atoms with Crippen molar-refractivity contribution in [3.63, 3.8) is 0 Å². The van der Waals surface area contributed by atoms with Gasteiger partial charge in [-0.25, -0.2) is 9.59 Å². The molecule has 2 N–H and O–H groups in total. The molecule has 33 heavy (non-hydrogen) atoms. The summed E-state index contributed by atoms with van der Waals surface area (Å²) in [6, 6.07) is 10.6. The number of aryl methyl sites for hydroxylation is 1. The molecule has 9 heteroatoms. The van der Waals surface area contributed by atoms with Crippen LogP contribution in [0.1, 0.15) is 27.2 Å². The lowest BCUT2D eigenvalue weighted by Crippen LogP contribution is -2.42. The van der Waals surface area contributed by atoms with E-state index in [2.05, 4.69) is 5.32 Å². The Labute approximate surface area is 195 Å². The third-order valence-electron chi connectivity index (χ3n) is 5.69. The van der Waals surface area contributed by atoms with Gasteiger partial charge in [-0.3, -0.25) is 14.2 Å². The van der Waals surface area contributed by atoms with E-state index in [4.69, 9.17) is 11.6 Å². The van der Waals surface area contributed by atoms with E-state index in [-0.39, 0.29) is 17.0 Å². The number of carbonyl (C=O) groups excluding carboxylic acids is 1. The number of carboxylic acid groups (broad SMARTS) is 1. The van der Waals surface area contributed by atoms with Crippen LogP contribution in [0.25, 0.3) is 11.1 Å². The summed E-state index contributed by atoms with van der Waals surface area (Å²) < 4.78 is 2.44. The highest BCUT2D eigenvalue weighted by atomic mass is 35.5. The van der Waals surface area contributed by atoms with E-state index in [0.717, 1.165) is 4.57 Å². The van der Waals surface area contributed by atoms with Gasteiger partial charge in [0.05, 0.1) is 16.1 Å². The van der Waals surface area contributed by atoms with E-state index in [0.29, 0.717) is 27.9 Å². The molecular formula is C24H24ClN3O5. The number of benzene rings is 2. The highest BCUT2D eigenvalue weighted by Gasteiger charge is 2.23. The van der Waals surface area contributed by atoms with Gasteiger partial charge < -0.3 is 15.0 Å². The Morgan fingerprint density at radius 3 is 2.24 bits per heavy atom. The summed E-state index contributed by atoms with van der Waals surface area (Å²) in [5, 5.41) is 12.4. The molecular weight excluding hydrogens is 446 g/mol. The fourth-order valence-electron chi connectivity index (χ4n) is 3.67. The standard InChI is InChI=1S/C24H24ClN3O5/c1-13-6-5-7-17(25)19(13)21(29)26-18(23(31)32)12-15-8-10-16(11-9-15)20-14(2)27(3)24(33)28(4)22(20)30/h5-11,18H,12H2,1-4H3,(H,26,29)(H,31,32). The normalized spacial score (nSPS) is 11.8. The molecule has 0 aliphatic heterocycles. The van der Waals surface area contributed by atoms with Crippen LogP contribution >= 0.6 is 11.6 Å². The van der Waals surface area contributed by atoms with Crippen molar-refractivity contribution in [2.24, 2.45) is 14.1 Å². The van der Waals surface area contributed by atoms with Crippen molar-refractivity contribution in [1.29, 1.82) is 0 Å². The second-order valence-electron chi connectivity index (χ2n) is 7.86. The molecule has 1 aromatic heterocycles. The minimum absolute atomic E-state index is 0.0368. The average molecular weight is 470 g/mol. The molecule has 1 atom stereocenters.